The van der Waals surface area contributed by atoms with E-state index in [0.717, 1.165) is 49.1 Å². The Hall–Kier alpha value is -7.86. The molecule has 284 valence electrons. The summed E-state index contributed by atoms with van der Waals surface area (Å²) in [5.41, 5.74) is 11.2. The summed E-state index contributed by atoms with van der Waals surface area (Å²) < 4.78 is 4.68. The largest absolute Gasteiger partial charge is 0.309 e. The summed E-state index contributed by atoms with van der Waals surface area (Å²) in [6, 6.07) is 74.5. The molecule has 4 nitrogen and oxygen atoms in total. The molecule has 0 saturated carbocycles. The van der Waals surface area contributed by atoms with E-state index in [9.17, 15) is 0 Å². The van der Waals surface area contributed by atoms with Gasteiger partial charge in [0, 0.05) is 43.1 Å². The molecule has 0 fully saturated rings. The normalized spacial score (nSPS) is 11.9. The molecule has 13 rings (SSSR count). The zero-order chi connectivity index (χ0) is 40.0. The predicted octanol–water partition coefficient (Wildman–Crippen LogP) is 15.2. The SMILES string of the molecule is c1ccc(-c2cc3c(-c4ccccc4)nc(-n4c5ccc(-c6ccc7c(c6)c6c8ccccc8ccc6n7-c6ccccc6)cc5c5cc6ccccc6cc54)nc3s2)cc1. The molecule has 4 aromatic heterocycles. The van der Waals surface area contributed by atoms with E-state index in [1.54, 1.807) is 11.3 Å². The second-order valence-electron chi connectivity index (χ2n) is 15.8. The molecule has 0 aliphatic carbocycles. The molecule has 0 bridgehead atoms. The van der Waals surface area contributed by atoms with Crippen LogP contribution < -0.4 is 0 Å². The maximum Gasteiger partial charge on any atom is 0.236 e. The van der Waals surface area contributed by atoms with Crippen molar-refractivity contribution >= 4 is 86.7 Å². The van der Waals surface area contributed by atoms with Gasteiger partial charge in [0.05, 0.1) is 27.8 Å². The van der Waals surface area contributed by atoms with Crippen molar-refractivity contribution in [2.24, 2.45) is 0 Å². The fourth-order valence-electron chi connectivity index (χ4n) is 9.50. The zero-order valence-corrected chi connectivity index (χ0v) is 33.6. The fourth-order valence-corrected chi connectivity index (χ4v) is 10.5. The summed E-state index contributed by atoms with van der Waals surface area (Å²) in [4.78, 5) is 13.0. The molecule has 0 amide bonds. The van der Waals surface area contributed by atoms with Crippen molar-refractivity contribution in [3.63, 3.8) is 0 Å². The summed E-state index contributed by atoms with van der Waals surface area (Å²) in [7, 11) is 0. The van der Waals surface area contributed by atoms with Gasteiger partial charge in [0.2, 0.25) is 5.95 Å². The molecule has 0 saturated heterocycles. The quantitative estimate of drug-likeness (QED) is 0.174. The number of hydrogen-bond donors (Lipinski definition) is 0. The van der Waals surface area contributed by atoms with Crippen molar-refractivity contribution in [1.29, 1.82) is 0 Å². The van der Waals surface area contributed by atoms with E-state index in [1.165, 1.54) is 64.7 Å². The maximum atomic E-state index is 5.45. The number of nitrogens with zero attached hydrogens (tertiary/aromatic N) is 4. The molecule has 0 unspecified atom stereocenters. The molecular formula is C56H34N4S. The summed E-state index contributed by atoms with van der Waals surface area (Å²) in [5, 5.41) is 10.8. The lowest BCUT2D eigenvalue weighted by Gasteiger charge is -2.10. The first-order valence-corrected chi connectivity index (χ1v) is 21.5. The van der Waals surface area contributed by atoms with Crippen LogP contribution in [0, 0.1) is 0 Å². The first-order valence-electron chi connectivity index (χ1n) is 20.6. The lowest BCUT2D eigenvalue weighted by molar-refractivity contribution is 1.02. The van der Waals surface area contributed by atoms with Crippen LogP contribution in [0.2, 0.25) is 0 Å². The van der Waals surface area contributed by atoms with Gasteiger partial charge in [-0.1, -0.05) is 146 Å². The molecular weight excluding hydrogens is 761 g/mol. The molecule has 5 heteroatoms. The van der Waals surface area contributed by atoms with Crippen LogP contribution in [0.5, 0.6) is 0 Å². The third-order valence-corrected chi connectivity index (χ3v) is 13.4. The zero-order valence-electron chi connectivity index (χ0n) is 32.8. The Morgan fingerprint density at radius 3 is 1.69 bits per heavy atom. The molecule has 0 radical (unpaired) electrons. The van der Waals surface area contributed by atoms with Gasteiger partial charge in [-0.2, -0.15) is 0 Å². The Labute approximate surface area is 354 Å². The van der Waals surface area contributed by atoms with E-state index in [0.29, 0.717) is 5.95 Å². The molecule has 0 aliphatic rings. The Kier molecular flexibility index (Phi) is 7.44. The standard InChI is InChI=1S/C56H34N4S/c1-4-15-36(16-5-1)52-34-47-54(37-17-6-2-7-18-37)57-56(58-55(47)61-52)60-48-27-25-40(31-44(48)45-30-38-19-10-11-20-39(38)33-51(45)60)41-26-28-49-46(32-41)53-43-23-13-12-14-35(43)24-29-50(53)59(49)42-21-8-3-9-22-42/h1-34H. The molecule has 4 heterocycles. The number of rotatable bonds is 5. The molecule has 9 aromatic carbocycles. The van der Waals surface area contributed by atoms with Crippen molar-refractivity contribution in [3.8, 4) is 44.5 Å². The van der Waals surface area contributed by atoms with E-state index < -0.39 is 0 Å². The van der Waals surface area contributed by atoms with Gasteiger partial charge in [0.1, 0.15) is 4.83 Å². The van der Waals surface area contributed by atoms with Crippen LogP contribution in [0.1, 0.15) is 0 Å². The van der Waals surface area contributed by atoms with Crippen LogP contribution in [-0.4, -0.2) is 19.1 Å². The highest BCUT2D eigenvalue weighted by atomic mass is 32.1. The van der Waals surface area contributed by atoms with Crippen molar-refractivity contribution in [3.05, 3.63) is 206 Å². The van der Waals surface area contributed by atoms with Gasteiger partial charge in [-0.25, -0.2) is 9.97 Å². The minimum absolute atomic E-state index is 0.665. The highest BCUT2D eigenvalue weighted by Crippen LogP contribution is 2.43. The summed E-state index contributed by atoms with van der Waals surface area (Å²) in [5.74, 6) is 0.665. The average Bonchev–Trinajstić information content (AvgIpc) is 4.01. The van der Waals surface area contributed by atoms with Crippen LogP contribution in [0.3, 0.4) is 0 Å². The van der Waals surface area contributed by atoms with Crippen molar-refractivity contribution in [1.82, 2.24) is 19.1 Å². The van der Waals surface area contributed by atoms with Gasteiger partial charge < -0.3 is 4.57 Å². The Balaban J connectivity index is 1.06. The van der Waals surface area contributed by atoms with Crippen molar-refractivity contribution < 1.29 is 0 Å². The topological polar surface area (TPSA) is 35.6 Å². The minimum atomic E-state index is 0.665. The van der Waals surface area contributed by atoms with Gasteiger partial charge in [0.15, 0.2) is 0 Å². The monoisotopic (exact) mass is 794 g/mol. The second-order valence-corrected chi connectivity index (χ2v) is 16.8. The highest BCUT2D eigenvalue weighted by Gasteiger charge is 2.21. The summed E-state index contributed by atoms with van der Waals surface area (Å²) in [6.45, 7) is 0. The van der Waals surface area contributed by atoms with Gasteiger partial charge in [-0.3, -0.25) is 4.57 Å². The summed E-state index contributed by atoms with van der Waals surface area (Å²) in [6.07, 6.45) is 0. The van der Waals surface area contributed by atoms with Crippen LogP contribution in [0.25, 0.3) is 120 Å². The lowest BCUT2D eigenvalue weighted by Crippen LogP contribution is -2.02. The fraction of sp³-hybridized carbons (Fsp3) is 0. The van der Waals surface area contributed by atoms with Gasteiger partial charge >= 0.3 is 0 Å². The molecule has 13 aromatic rings. The Bertz CT molecular complexity index is 3860. The number of thiophene rings is 1. The lowest BCUT2D eigenvalue weighted by atomic mass is 9.98. The second kappa shape index (κ2) is 13.3. The molecule has 61 heavy (non-hydrogen) atoms. The van der Waals surface area contributed by atoms with Gasteiger partial charge in [-0.15, -0.1) is 11.3 Å². The molecule has 0 atom stereocenters. The minimum Gasteiger partial charge on any atom is -0.309 e. The number of para-hydroxylation sites is 1. The van der Waals surface area contributed by atoms with E-state index in [-0.39, 0.29) is 0 Å². The van der Waals surface area contributed by atoms with E-state index in [1.807, 2.05) is 0 Å². The number of hydrogen-bond acceptors (Lipinski definition) is 3. The smallest absolute Gasteiger partial charge is 0.236 e. The maximum absolute atomic E-state index is 5.45. The molecule has 0 N–H and O–H groups in total. The van der Waals surface area contributed by atoms with E-state index in [4.69, 9.17) is 9.97 Å². The third-order valence-electron chi connectivity index (χ3n) is 12.3. The van der Waals surface area contributed by atoms with Crippen molar-refractivity contribution in [2.75, 3.05) is 0 Å². The van der Waals surface area contributed by atoms with Crippen LogP contribution in [0.4, 0.5) is 0 Å². The van der Waals surface area contributed by atoms with E-state index >= 15 is 0 Å². The van der Waals surface area contributed by atoms with Gasteiger partial charge in [0.25, 0.3) is 0 Å². The molecule has 0 spiro atoms. The van der Waals surface area contributed by atoms with E-state index in [2.05, 4.69) is 215 Å². The van der Waals surface area contributed by atoms with Crippen LogP contribution in [0.15, 0.2) is 206 Å². The van der Waals surface area contributed by atoms with Gasteiger partial charge in [-0.05, 0) is 98.9 Å². The predicted molar refractivity (Wildman–Crippen MR) is 257 cm³/mol. The first-order chi connectivity index (χ1) is 30.2. The molecule has 0 aliphatic heterocycles. The Morgan fingerprint density at radius 1 is 0.344 bits per heavy atom. The third kappa shape index (κ3) is 5.31. The Morgan fingerprint density at radius 2 is 0.934 bits per heavy atom. The van der Waals surface area contributed by atoms with Crippen LogP contribution >= 0.6 is 11.3 Å². The van der Waals surface area contributed by atoms with Crippen LogP contribution in [-0.2, 0) is 0 Å². The highest BCUT2D eigenvalue weighted by molar-refractivity contribution is 7.21. The number of fused-ring (bicyclic) bond motifs is 10. The first kappa shape index (κ1) is 34.0. The number of benzene rings is 9. The average molecular weight is 795 g/mol. The number of aromatic nitrogens is 4. The van der Waals surface area contributed by atoms with Crippen molar-refractivity contribution in [2.45, 2.75) is 0 Å². The summed E-state index contributed by atoms with van der Waals surface area (Å²) >= 11 is 1.72.